The van der Waals surface area contributed by atoms with Crippen molar-refractivity contribution in [1.82, 2.24) is 19.9 Å². The highest BCUT2D eigenvalue weighted by molar-refractivity contribution is 5.65. The maximum absolute atomic E-state index is 5.93. The monoisotopic (exact) mass is 290 g/mol. The number of aromatic nitrogens is 4. The van der Waals surface area contributed by atoms with Crippen LogP contribution in [0, 0.1) is 5.92 Å². The first-order chi connectivity index (χ1) is 10.9. The molecule has 0 amide bonds. The Morgan fingerprint density at radius 1 is 1.09 bits per heavy atom. The maximum atomic E-state index is 5.93. The van der Waals surface area contributed by atoms with Crippen LogP contribution in [0.15, 0.2) is 49.4 Å². The summed E-state index contributed by atoms with van der Waals surface area (Å²) >= 11 is 0. The van der Waals surface area contributed by atoms with Gasteiger partial charge in [-0.2, -0.15) is 0 Å². The van der Waals surface area contributed by atoms with Gasteiger partial charge in [-0.1, -0.05) is 6.07 Å². The number of fused-ring (bicyclic) bond motifs is 3. The average Bonchev–Trinajstić information content (AvgIpc) is 3.08. The van der Waals surface area contributed by atoms with Crippen LogP contribution in [0.2, 0.25) is 0 Å². The molecule has 5 nitrogen and oxygen atoms in total. The quantitative estimate of drug-likeness (QED) is 0.788. The first kappa shape index (κ1) is 11.9. The molecule has 0 bridgehead atoms. The van der Waals surface area contributed by atoms with Gasteiger partial charge in [-0.3, -0.25) is 0 Å². The third-order valence-electron chi connectivity index (χ3n) is 4.72. The van der Waals surface area contributed by atoms with E-state index in [0.29, 0.717) is 17.8 Å². The van der Waals surface area contributed by atoms with Crippen molar-refractivity contribution in [2.45, 2.75) is 11.8 Å². The number of imidazole rings is 1. The molecule has 1 aliphatic carbocycles. The number of rotatable bonds is 2. The molecule has 1 N–H and O–H groups in total. The third kappa shape index (κ3) is 1.68. The van der Waals surface area contributed by atoms with Gasteiger partial charge in [0.2, 0.25) is 0 Å². The Bertz CT molecular complexity index is 816. The molecule has 1 fully saturated rings. The molecule has 3 atom stereocenters. The Balaban J connectivity index is 1.56. The normalized spacial score (nSPS) is 25.0. The van der Waals surface area contributed by atoms with Crippen molar-refractivity contribution in [2.75, 3.05) is 6.61 Å². The summed E-state index contributed by atoms with van der Waals surface area (Å²) in [5, 5.41) is 0. The number of ether oxygens (including phenoxy) is 1. The number of nitrogens with zero attached hydrogens (tertiary/aromatic N) is 3. The van der Waals surface area contributed by atoms with Gasteiger partial charge in [0.15, 0.2) is 0 Å². The fourth-order valence-electron chi connectivity index (χ4n) is 3.62. The molecule has 2 aromatic heterocycles. The second-order valence-electron chi connectivity index (χ2n) is 5.90. The average molecular weight is 290 g/mol. The van der Waals surface area contributed by atoms with Crippen LogP contribution >= 0.6 is 0 Å². The lowest BCUT2D eigenvalue weighted by Gasteiger charge is -2.17. The Hall–Kier alpha value is -2.69. The van der Waals surface area contributed by atoms with Gasteiger partial charge in [-0.25, -0.2) is 15.0 Å². The van der Waals surface area contributed by atoms with Crippen molar-refractivity contribution in [3.63, 3.8) is 0 Å². The largest absolute Gasteiger partial charge is 0.493 e. The summed E-state index contributed by atoms with van der Waals surface area (Å²) in [6.07, 6.45) is 8.98. The molecule has 0 saturated heterocycles. The Morgan fingerprint density at radius 2 is 2.00 bits per heavy atom. The van der Waals surface area contributed by atoms with Gasteiger partial charge in [0.1, 0.15) is 12.1 Å². The number of aromatic amines is 1. The second-order valence-corrected chi connectivity index (χ2v) is 5.90. The number of nitrogens with one attached hydrogen (secondary N) is 1. The van der Waals surface area contributed by atoms with E-state index in [0.717, 1.165) is 29.2 Å². The maximum Gasteiger partial charge on any atom is 0.122 e. The summed E-state index contributed by atoms with van der Waals surface area (Å²) in [5.41, 5.74) is 4.59. The van der Waals surface area contributed by atoms with Gasteiger partial charge in [-0.15, -0.1) is 0 Å². The van der Waals surface area contributed by atoms with Crippen LogP contribution in [0.5, 0.6) is 5.75 Å². The highest BCUT2D eigenvalue weighted by Gasteiger charge is 2.56. The SMILES string of the molecule is c1ncc(-c2ccc3c(c2)[C@@H]2[C@H](CO3)[C@H]2c2c[nH]cn2)cn1. The van der Waals surface area contributed by atoms with Crippen LogP contribution in [-0.4, -0.2) is 26.5 Å². The Labute approximate surface area is 127 Å². The first-order valence-electron chi connectivity index (χ1n) is 7.42. The molecule has 0 spiro atoms. The van der Waals surface area contributed by atoms with Gasteiger partial charge >= 0.3 is 0 Å². The molecule has 0 radical (unpaired) electrons. The zero-order valence-corrected chi connectivity index (χ0v) is 11.8. The fourth-order valence-corrected chi connectivity index (χ4v) is 3.62. The van der Waals surface area contributed by atoms with Crippen molar-refractivity contribution >= 4 is 0 Å². The summed E-state index contributed by atoms with van der Waals surface area (Å²) in [7, 11) is 0. The molecule has 22 heavy (non-hydrogen) atoms. The van der Waals surface area contributed by atoms with Crippen LogP contribution in [0.3, 0.4) is 0 Å². The summed E-state index contributed by atoms with van der Waals surface area (Å²) in [4.78, 5) is 15.7. The van der Waals surface area contributed by atoms with Crippen molar-refractivity contribution in [3.8, 4) is 16.9 Å². The minimum Gasteiger partial charge on any atom is -0.493 e. The summed E-state index contributed by atoms with van der Waals surface area (Å²) in [6.45, 7) is 0.781. The number of benzene rings is 1. The predicted octanol–water partition coefficient (Wildman–Crippen LogP) is 2.76. The Morgan fingerprint density at radius 3 is 2.82 bits per heavy atom. The second kappa shape index (κ2) is 4.40. The van der Waals surface area contributed by atoms with E-state index in [2.05, 4.69) is 38.1 Å². The first-order valence-corrected chi connectivity index (χ1v) is 7.42. The van der Waals surface area contributed by atoms with E-state index in [4.69, 9.17) is 4.74 Å². The van der Waals surface area contributed by atoms with E-state index in [9.17, 15) is 0 Å². The summed E-state index contributed by atoms with van der Waals surface area (Å²) in [6, 6.07) is 6.36. The zero-order valence-electron chi connectivity index (χ0n) is 11.8. The summed E-state index contributed by atoms with van der Waals surface area (Å²) < 4.78 is 5.93. The lowest BCUT2D eigenvalue weighted by atomic mass is 9.99. The van der Waals surface area contributed by atoms with Gasteiger partial charge in [-0.05, 0) is 23.3 Å². The molecule has 0 unspecified atom stereocenters. The van der Waals surface area contributed by atoms with Crippen LogP contribution in [0.4, 0.5) is 0 Å². The van der Waals surface area contributed by atoms with Crippen LogP contribution < -0.4 is 4.74 Å². The number of hydrogen-bond donors (Lipinski definition) is 1. The molecular formula is C17H14N4O. The highest BCUT2D eigenvalue weighted by Crippen LogP contribution is 2.64. The highest BCUT2D eigenvalue weighted by atomic mass is 16.5. The minimum atomic E-state index is 0.467. The van der Waals surface area contributed by atoms with Crippen molar-refractivity contribution < 1.29 is 4.74 Å². The topological polar surface area (TPSA) is 63.7 Å². The molecule has 5 rings (SSSR count). The molecule has 1 aliphatic heterocycles. The molecule has 3 aromatic rings. The molecular weight excluding hydrogens is 276 g/mol. The van der Waals surface area contributed by atoms with Crippen molar-refractivity contribution in [2.24, 2.45) is 5.92 Å². The molecule has 1 saturated carbocycles. The summed E-state index contributed by atoms with van der Waals surface area (Å²) in [5.74, 6) is 2.52. The minimum absolute atomic E-state index is 0.467. The molecule has 5 heteroatoms. The van der Waals surface area contributed by atoms with Crippen molar-refractivity contribution in [1.29, 1.82) is 0 Å². The lowest BCUT2D eigenvalue weighted by Crippen LogP contribution is -2.08. The fraction of sp³-hybridized carbons (Fsp3) is 0.235. The third-order valence-corrected chi connectivity index (χ3v) is 4.72. The van der Waals surface area contributed by atoms with E-state index in [1.807, 2.05) is 18.6 Å². The van der Waals surface area contributed by atoms with Crippen LogP contribution in [0.1, 0.15) is 23.1 Å². The van der Waals surface area contributed by atoms with Crippen LogP contribution in [0.25, 0.3) is 11.1 Å². The van der Waals surface area contributed by atoms with Gasteiger partial charge in [0, 0.05) is 41.9 Å². The molecule has 108 valence electrons. The number of hydrogen-bond acceptors (Lipinski definition) is 4. The van der Waals surface area contributed by atoms with E-state index in [1.165, 1.54) is 5.56 Å². The molecule has 1 aromatic carbocycles. The predicted molar refractivity (Wildman–Crippen MR) is 80.5 cm³/mol. The molecule has 2 aliphatic rings. The van der Waals surface area contributed by atoms with Gasteiger partial charge in [0.25, 0.3) is 0 Å². The Kier molecular flexibility index (Phi) is 2.38. The van der Waals surface area contributed by atoms with E-state index in [-0.39, 0.29) is 0 Å². The van der Waals surface area contributed by atoms with Gasteiger partial charge in [0.05, 0.1) is 18.6 Å². The molecule has 3 heterocycles. The zero-order chi connectivity index (χ0) is 14.5. The van der Waals surface area contributed by atoms with E-state index in [1.54, 1.807) is 12.7 Å². The van der Waals surface area contributed by atoms with Gasteiger partial charge < -0.3 is 9.72 Å². The lowest BCUT2D eigenvalue weighted by molar-refractivity contribution is 0.277. The van der Waals surface area contributed by atoms with Crippen LogP contribution in [-0.2, 0) is 0 Å². The standard InChI is InChI=1S/C17H14N4O/c1-2-15-12(3-10(1)11-4-18-8-19-5-11)16-13(7-22-15)17(16)14-6-20-9-21-14/h1-6,8-9,13,16-17H,7H2,(H,20,21)/t13-,16+,17-/m0/s1. The smallest absolute Gasteiger partial charge is 0.122 e. The van der Waals surface area contributed by atoms with E-state index >= 15 is 0 Å². The van der Waals surface area contributed by atoms with Crippen molar-refractivity contribution in [3.05, 3.63) is 60.7 Å². The van der Waals surface area contributed by atoms with E-state index < -0.39 is 0 Å². The number of H-pyrrole nitrogens is 1.